The van der Waals surface area contributed by atoms with E-state index in [1.807, 2.05) is 6.07 Å². The van der Waals surface area contributed by atoms with Crippen molar-refractivity contribution in [1.29, 1.82) is 5.26 Å². The Morgan fingerprint density at radius 3 is 2.88 bits per heavy atom. The predicted octanol–water partition coefficient (Wildman–Crippen LogP) is 1.50. The molecule has 1 aromatic carbocycles. The molecule has 0 aliphatic carbocycles. The molecule has 0 spiro atoms. The van der Waals surface area contributed by atoms with E-state index in [0.29, 0.717) is 11.3 Å². The van der Waals surface area contributed by atoms with Crippen molar-refractivity contribution in [3.05, 3.63) is 28.8 Å². The fourth-order valence-corrected chi connectivity index (χ4v) is 1.36. The number of anilines is 1. The molecule has 4 nitrogen and oxygen atoms in total. The van der Waals surface area contributed by atoms with Crippen LogP contribution in [0.15, 0.2) is 18.2 Å². The lowest BCUT2D eigenvalue weighted by atomic mass is 10.2. The quantitative estimate of drug-likeness (QED) is 0.795. The molecule has 0 fully saturated rings. The molecule has 0 aliphatic heterocycles. The van der Waals surface area contributed by atoms with Crippen LogP contribution in [0.4, 0.5) is 5.69 Å². The van der Waals surface area contributed by atoms with Crippen molar-refractivity contribution in [3.63, 3.8) is 0 Å². The van der Waals surface area contributed by atoms with Crippen LogP contribution in [0, 0.1) is 23.7 Å². The van der Waals surface area contributed by atoms with E-state index >= 15 is 0 Å². The first-order valence-corrected chi connectivity index (χ1v) is 5.16. The van der Waals surface area contributed by atoms with E-state index in [9.17, 15) is 4.79 Å². The Hall–Kier alpha value is -2.01. The standard InChI is InChI=1S/C12H10ClN3O/c1-2-3-10(15)12(17)16-11-5-4-8(7-14)6-9(11)13/h1,4-6,10H,3,15H2,(H,16,17). The lowest BCUT2D eigenvalue weighted by Gasteiger charge is -2.10. The van der Waals surface area contributed by atoms with Crippen molar-refractivity contribution < 1.29 is 4.79 Å². The normalized spacial score (nSPS) is 11.1. The predicted molar refractivity (Wildman–Crippen MR) is 66.2 cm³/mol. The molecule has 3 N–H and O–H groups in total. The summed E-state index contributed by atoms with van der Waals surface area (Å²) in [7, 11) is 0. The number of hydrogen-bond donors (Lipinski definition) is 2. The van der Waals surface area contributed by atoms with Crippen LogP contribution in [0.25, 0.3) is 0 Å². The average Bonchev–Trinajstić information content (AvgIpc) is 2.31. The topological polar surface area (TPSA) is 78.9 Å². The summed E-state index contributed by atoms with van der Waals surface area (Å²) in [6.45, 7) is 0. The highest BCUT2D eigenvalue weighted by Crippen LogP contribution is 2.22. The number of rotatable bonds is 3. The zero-order valence-corrected chi connectivity index (χ0v) is 9.66. The minimum absolute atomic E-state index is 0.153. The zero-order valence-electron chi connectivity index (χ0n) is 8.90. The number of halogens is 1. The minimum Gasteiger partial charge on any atom is -0.323 e. The maximum Gasteiger partial charge on any atom is 0.242 e. The van der Waals surface area contributed by atoms with Crippen molar-refractivity contribution in [1.82, 2.24) is 0 Å². The number of nitriles is 1. The van der Waals surface area contributed by atoms with Crippen LogP contribution in [0.3, 0.4) is 0 Å². The molecular formula is C12H10ClN3O. The first-order valence-electron chi connectivity index (χ1n) is 4.78. The van der Waals surface area contributed by atoms with Gasteiger partial charge in [-0.05, 0) is 18.2 Å². The van der Waals surface area contributed by atoms with E-state index < -0.39 is 11.9 Å². The van der Waals surface area contributed by atoms with Gasteiger partial charge in [0.25, 0.3) is 0 Å². The number of nitrogens with one attached hydrogen (secondary N) is 1. The van der Waals surface area contributed by atoms with E-state index in [1.54, 1.807) is 12.1 Å². The number of hydrogen-bond acceptors (Lipinski definition) is 3. The average molecular weight is 248 g/mol. The van der Waals surface area contributed by atoms with Gasteiger partial charge in [-0.15, -0.1) is 12.3 Å². The maximum absolute atomic E-state index is 11.6. The number of terminal acetylenes is 1. The van der Waals surface area contributed by atoms with Gasteiger partial charge in [0, 0.05) is 6.42 Å². The number of carbonyl (C=O) groups excluding carboxylic acids is 1. The monoisotopic (exact) mass is 247 g/mol. The Morgan fingerprint density at radius 2 is 2.35 bits per heavy atom. The minimum atomic E-state index is -0.772. The summed E-state index contributed by atoms with van der Waals surface area (Å²) in [4.78, 5) is 11.6. The van der Waals surface area contributed by atoms with E-state index in [-0.39, 0.29) is 11.4 Å². The summed E-state index contributed by atoms with van der Waals surface area (Å²) in [6, 6.07) is 5.73. The first kappa shape index (κ1) is 13.1. The summed E-state index contributed by atoms with van der Waals surface area (Å²) in [5, 5.41) is 11.5. The van der Waals surface area contributed by atoms with Gasteiger partial charge in [-0.3, -0.25) is 4.79 Å². The molecule has 1 unspecified atom stereocenters. The van der Waals surface area contributed by atoms with Gasteiger partial charge in [0.05, 0.1) is 28.4 Å². The van der Waals surface area contributed by atoms with Gasteiger partial charge in [-0.1, -0.05) is 11.6 Å². The second-order valence-corrected chi connectivity index (χ2v) is 3.72. The SMILES string of the molecule is C#CCC(N)C(=O)Nc1ccc(C#N)cc1Cl. The molecule has 1 aromatic rings. The Balaban J connectivity index is 2.80. The van der Waals surface area contributed by atoms with Crippen LogP contribution in [0.5, 0.6) is 0 Å². The molecule has 1 amide bonds. The van der Waals surface area contributed by atoms with Crippen LogP contribution < -0.4 is 11.1 Å². The third-order valence-electron chi connectivity index (χ3n) is 2.03. The van der Waals surface area contributed by atoms with E-state index in [2.05, 4.69) is 11.2 Å². The van der Waals surface area contributed by atoms with E-state index in [1.165, 1.54) is 6.07 Å². The number of nitrogens with zero attached hydrogens (tertiary/aromatic N) is 1. The van der Waals surface area contributed by atoms with Crippen LogP contribution >= 0.6 is 11.6 Å². The van der Waals surface area contributed by atoms with Crippen molar-refractivity contribution in [2.24, 2.45) is 5.73 Å². The zero-order chi connectivity index (χ0) is 12.8. The molecule has 0 saturated heterocycles. The largest absolute Gasteiger partial charge is 0.323 e. The Labute approximate surface area is 104 Å². The molecule has 0 saturated carbocycles. The fraction of sp³-hybridized carbons (Fsp3) is 0.167. The van der Waals surface area contributed by atoms with E-state index in [4.69, 9.17) is 29.0 Å². The molecule has 86 valence electrons. The highest BCUT2D eigenvalue weighted by molar-refractivity contribution is 6.33. The van der Waals surface area contributed by atoms with Gasteiger partial charge in [-0.2, -0.15) is 5.26 Å². The molecule has 5 heteroatoms. The number of amides is 1. The van der Waals surface area contributed by atoms with Gasteiger partial charge in [0.2, 0.25) is 5.91 Å². The lowest BCUT2D eigenvalue weighted by Crippen LogP contribution is -2.35. The second-order valence-electron chi connectivity index (χ2n) is 3.31. The number of benzene rings is 1. The fourth-order valence-electron chi connectivity index (χ4n) is 1.13. The highest BCUT2D eigenvalue weighted by Gasteiger charge is 2.13. The third-order valence-corrected chi connectivity index (χ3v) is 2.34. The van der Waals surface area contributed by atoms with Crippen LogP contribution in [-0.2, 0) is 4.79 Å². The van der Waals surface area contributed by atoms with Crippen molar-refractivity contribution in [2.75, 3.05) is 5.32 Å². The number of nitrogens with two attached hydrogens (primary N) is 1. The summed E-state index contributed by atoms with van der Waals surface area (Å²) in [5.74, 6) is 1.90. The molecule has 0 aromatic heterocycles. The molecule has 0 radical (unpaired) electrons. The Bertz CT molecular complexity index is 513. The summed E-state index contributed by atoms with van der Waals surface area (Å²) >= 11 is 5.89. The van der Waals surface area contributed by atoms with E-state index in [0.717, 1.165) is 0 Å². The summed E-state index contributed by atoms with van der Waals surface area (Å²) in [5.41, 5.74) is 6.35. The lowest BCUT2D eigenvalue weighted by molar-refractivity contribution is -0.117. The second kappa shape index (κ2) is 5.91. The molecule has 1 rings (SSSR count). The molecule has 0 aliphatic rings. The van der Waals surface area contributed by atoms with Crippen molar-refractivity contribution in [3.8, 4) is 18.4 Å². The smallest absolute Gasteiger partial charge is 0.242 e. The van der Waals surface area contributed by atoms with Gasteiger partial charge in [-0.25, -0.2) is 0 Å². The maximum atomic E-state index is 11.6. The van der Waals surface area contributed by atoms with Crippen LogP contribution in [0.1, 0.15) is 12.0 Å². The number of carbonyl (C=O) groups is 1. The Kier molecular flexibility index (Phi) is 4.54. The molecule has 0 bridgehead atoms. The highest BCUT2D eigenvalue weighted by atomic mass is 35.5. The summed E-state index contributed by atoms with van der Waals surface area (Å²) in [6.07, 6.45) is 5.21. The van der Waals surface area contributed by atoms with Crippen molar-refractivity contribution >= 4 is 23.2 Å². The molecular weight excluding hydrogens is 238 g/mol. The Morgan fingerprint density at radius 1 is 1.65 bits per heavy atom. The van der Waals surface area contributed by atoms with Gasteiger partial charge >= 0.3 is 0 Å². The van der Waals surface area contributed by atoms with Gasteiger partial charge in [0.1, 0.15) is 0 Å². The van der Waals surface area contributed by atoms with Gasteiger partial charge in [0.15, 0.2) is 0 Å². The third kappa shape index (κ3) is 3.49. The van der Waals surface area contributed by atoms with Gasteiger partial charge < -0.3 is 11.1 Å². The summed E-state index contributed by atoms with van der Waals surface area (Å²) < 4.78 is 0. The van der Waals surface area contributed by atoms with Crippen molar-refractivity contribution in [2.45, 2.75) is 12.5 Å². The molecule has 17 heavy (non-hydrogen) atoms. The van der Waals surface area contributed by atoms with Crippen LogP contribution in [0.2, 0.25) is 5.02 Å². The van der Waals surface area contributed by atoms with Crippen LogP contribution in [-0.4, -0.2) is 11.9 Å². The first-order chi connectivity index (χ1) is 8.08. The molecule has 0 heterocycles. The molecule has 1 atom stereocenters.